The van der Waals surface area contributed by atoms with E-state index in [4.69, 9.17) is 0 Å². The van der Waals surface area contributed by atoms with E-state index in [1.165, 1.54) is 22.6 Å². The van der Waals surface area contributed by atoms with Gasteiger partial charge in [-0.2, -0.15) is 0 Å². The van der Waals surface area contributed by atoms with Crippen LogP contribution in [-0.2, 0) is 12.8 Å². The minimum absolute atomic E-state index is 0.0429. The highest BCUT2D eigenvalue weighted by molar-refractivity contribution is 7.16. The van der Waals surface area contributed by atoms with Crippen molar-refractivity contribution in [1.82, 2.24) is 5.32 Å². The lowest BCUT2D eigenvalue weighted by molar-refractivity contribution is -0.384. The fourth-order valence-electron chi connectivity index (χ4n) is 3.99. The second-order valence-electron chi connectivity index (χ2n) is 8.41. The van der Waals surface area contributed by atoms with E-state index in [-0.39, 0.29) is 23.2 Å². The second kappa shape index (κ2) is 6.34. The van der Waals surface area contributed by atoms with Gasteiger partial charge in [-0.25, -0.2) is 0 Å². The Hall–Kier alpha value is -2.41. The smallest absolute Gasteiger partial charge is 0.269 e. The first-order valence-corrected chi connectivity index (χ1v) is 10.0. The largest absolute Gasteiger partial charge is 0.353 e. The van der Waals surface area contributed by atoms with Gasteiger partial charge in [0.1, 0.15) is 11.2 Å². The Kier molecular flexibility index (Phi) is 4.22. The molecule has 2 heterocycles. The molecule has 2 atom stereocenters. The summed E-state index contributed by atoms with van der Waals surface area (Å²) in [6.45, 7) is 6.85. The number of hydrogen-bond donors (Lipinski definition) is 2. The highest BCUT2D eigenvalue weighted by Gasteiger charge is 2.36. The molecule has 4 rings (SSSR count). The molecule has 0 radical (unpaired) electrons. The van der Waals surface area contributed by atoms with Crippen LogP contribution in [0.3, 0.4) is 0 Å². The molecule has 1 amide bonds. The van der Waals surface area contributed by atoms with E-state index < -0.39 is 4.92 Å². The van der Waals surface area contributed by atoms with Gasteiger partial charge in [0.25, 0.3) is 11.6 Å². The van der Waals surface area contributed by atoms with Crippen molar-refractivity contribution in [3.05, 3.63) is 55.9 Å². The van der Waals surface area contributed by atoms with Crippen LogP contribution in [0.15, 0.2) is 24.3 Å². The van der Waals surface area contributed by atoms with E-state index in [0.717, 1.165) is 35.4 Å². The van der Waals surface area contributed by atoms with Gasteiger partial charge in [-0.1, -0.05) is 20.8 Å². The lowest BCUT2D eigenvalue weighted by Crippen LogP contribution is -2.38. The zero-order chi connectivity index (χ0) is 19.3. The Labute approximate surface area is 162 Å². The summed E-state index contributed by atoms with van der Waals surface area (Å²) in [6, 6.07) is 6.30. The Morgan fingerprint density at radius 2 is 1.89 bits per heavy atom. The van der Waals surface area contributed by atoms with Gasteiger partial charge in [0.05, 0.1) is 10.5 Å². The number of nitrogens with one attached hydrogen (secondary N) is 2. The molecule has 0 bridgehead atoms. The zero-order valence-electron chi connectivity index (χ0n) is 15.7. The second-order valence-corrected chi connectivity index (χ2v) is 9.52. The normalized spacial score (nSPS) is 21.7. The Morgan fingerprint density at radius 1 is 1.19 bits per heavy atom. The number of nitro benzene ring substituents is 1. The van der Waals surface area contributed by atoms with Crippen LogP contribution >= 0.6 is 11.3 Å². The highest BCUT2D eigenvalue weighted by Crippen LogP contribution is 2.46. The Morgan fingerprint density at radius 3 is 2.52 bits per heavy atom. The maximum Gasteiger partial charge on any atom is 0.269 e. The summed E-state index contributed by atoms with van der Waals surface area (Å²) in [5.41, 5.74) is 3.10. The number of thiophene rings is 1. The molecule has 1 aromatic carbocycles. The molecule has 0 saturated carbocycles. The van der Waals surface area contributed by atoms with E-state index in [0.29, 0.717) is 5.92 Å². The molecule has 6 nitrogen and oxygen atoms in total. The van der Waals surface area contributed by atoms with Gasteiger partial charge in [0, 0.05) is 17.0 Å². The van der Waals surface area contributed by atoms with Gasteiger partial charge in [-0.3, -0.25) is 14.9 Å². The molecule has 7 heteroatoms. The fourth-order valence-corrected chi connectivity index (χ4v) is 5.35. The summed E-state index contributed by atoms with van der Waals surface area (Å²) < 4.78 is 0. The van der Waals surface area contributed by atoms with Crippen molar-refractivity contribution < 1.29 is 9.72 Å². The molecule has 2 aliphatic rings. The van der Waals surface area contributed by atoms with E-state index in [1.54, 1.807) is 23.5 Å². The molecule has 27 heavy (non-hydrogen) atoms. The van der Waals surface area contributed by atoms with Crippen LogP contribution in [0.2, 0.25) is 0 Å². The Balaban J connectivity index is 1.61. The standard InChI is InChI=1S/C20H23N3O3S/c1-20(2,3)12-6-9-14-15(10-12)27-19-16(14)18(24)21-17(22-19)11-4-7-13(8-5-11)23(25)26/h4-5,7-8,12,17,22H,6,9-10H2,1-3H3,(H,21,24)/t12-,17+/m0/s1. The summed E-state index contributed by atoms with van der Waals surface area (Å²) >= 11 is 1.69. The van der Waals surface area contributed by atoms with Crippen molar-refractivity contribution >= 4 is 27.9 Å². The van der Waals surface area contributed by atoms with Crippen LogP contribution in [-0.4, -0.2) is 10.8 Å². The quantitative estimate of drug-likeness (QED) is 0.582. The van der Waals surface area contributed by atoms with Gasteiger partial charge in [0.15, 0.2) is 0 Å². The summed E-state index contributed by atoms with van der Waals surface area (Å²) in [4.78, 5) is 24.5. The summed E-state index contributed by atoms with van der Waals surface area (Å²) in [6.07, 6.45) is 2.71. The molecular formula is C20H23N3O3S. The van der Waals surface area contributed by atoms with Crippen LogP contribution in [0, 0.1) is 21.4 Å². The molecule has 1 aliphatic heterocycles. The third kappa shape index (κ3) is 3.20. The third-order valence-corrected chi connectivity index (χ3v) is 6.89. The van der Waals surface area contributed by atoms with Gasteiger partial charge >= 0.3 is 0 Å². The third-order valence-electron chi connectivity index (χ3n) is 5.71. The summed E-state index contributed by atoms with van der Waals surface area (Å²) in [7, 11) is 0. The van der Waals surface area contributed by atoms with Crippen molar-refractivity contribution in [2.24, 2.45) is 11.3 Å². The number of amides is 1. The average Bonchev–Trinajstić information content (AvgIpc) is 2.99. The highest BCUT2D eigenvalue weighted by atomic mass is 32.1. The van der Waals surface area contributed by atoms with Gasteiger partial charge in [0.2, 0.25) is 0 Å². The van der Waals surface area contributed by atoms with Gasteiger partial charge in [-0.05, 0) is 53.9 Å². The SMILES string of the molecule is CC(C)(C)[C@H]1CCc2c(sc3c2C(=O)N[C@@H](c2ccc([N+](=O)[O-])cc2)N3)C1. The lowest BCUT2D eigenvalue weighted by atomic mass is 9.72. The number of carbonyl (C=O) groups is 1. The van der Waals surface area contributed by atoms with Gasteiger partial charge in [-0.15, -0.1) is 11.3 Å². The average molecular weight is 385 g/mol. The number of rotatable bonds is 2. The first kappa shape index (κ1) is 18.0. The molecule has 1 aromatic heterocycles. The van der Waals surface area contributed by atoms with Crippen LogP contribution in [0.1, 0.15) is 59.7 Å². The van der Waals surface area contributed by atoms with Crippen molar-refractivity contribution in [2.75, 3.05) is 5.32 Å². The number of nitro groups is 1. The molecule has 2 N–H and O–H groups in total. The number of carbonyl (C=O) groups excluding carboxylic acids is 1. The summed E-state index contributed by atoms with van der Waals surface area (Å²) in [5.74, 6) is 0.567. The van der Waals surface area contributed by atoms with Crippen molar-refractivity contribution in [3.63, 3.8) is 0 Å². The number of fused-ring (bicyclic) bond motifs is 3. The molecule has 0 unspecified atom stereocenters. The predicted molar refractivity (Wildman–Crippen MR) is 106 cm³/mol. The number of hydrogen-bond acceptors (Lipinski definition) is 5. The number of benzene rings is 1. The van der Waals surface area contributed by atoms with Crippen LogP contribution < -0.4 is 10.6 Å². The Bertz CT molecular complexity index is 912. The fraction of sp³-hybridized carbons (Fsp3) is 0.450. The van der Waals surface area contributed by atoms with Crippen molar-refractivity contribution in [3.8, 4) is 0 Å². The maximum atomic E-state index is 12.8. The van der Waals surface area contributed by atoms with Crippen LogP contribution in [0.25, 0.3) is 0 Å². The van der Waals surface area contributed by atoms with E-state index in [1.807, 2.05) is 0 Å². The molecule has 0 fully saturated rings. The lowest BCUT2D eigenvalue weighted by Gasteiger charge is -2.34. The molecular weight excluding hydrogens is 362 g/mol. The molecule has 0 saturated heterocycles. The van der Waals surface area contributed by atoms with Crippen LogP contribution in [0.4, 0.5) is 10.7 Å². The minimum Gasteiger partial charge on any atom is -0.353 e. The minimum atomic E-state index is -0.423. The first-order valence-electron chi connectivity index (χ1n) is 9.20. The first-order chi connectivity index (χ1) is 12.7. The monoisotopic (exact) mass is 385 g/mol. The van der Waals surface area contributed by atoms with Crippen molar-refractivity contribution in [1.29, 1.82) is 0 Å². The van der Waals surface area contributed by atoms with Crippen molar-refractivity contribution in [2.45, 2.75) is 46.2 Å². The zero-order valence-corrected chi connectivity index (χ0v) is 16.5. The molecule has 2 aromatic rings. The maximum absolute atomic E-state index is 12.8. The van der Waals surface area contributed by atoms with E-state index in [2.05, 4.69) is 31.4 Å². The number of nitrogens with zero attached hydrogens (tertiary/aromatic N) is 1. The molecule has 142 valence electrons. The van der Waals surface area contributed by atoms with E-state index in [9.17, 15) is 14.9 Å². The van der Waals surface area contributed by atoms with Gasteiger partial charge < -0.3 is 10.6 Å². The molecule has 1 aliphatic carbocycles. The number of anilines is 1. The van der Waals surface area contributed by atoms with Crippen LogP contribution in [0.5, 0.6) is 0 Å². The summed E-state index contributed by atoms with van der Waals surface area (Å²) in [5, 5.41) is 18.2. The van der Waals surface area contributed by atoms with E-state index >= 15 is 0 Å². The molecule has 0 spiro atoms. The predicted octanol–water partition coefficient (Wildman–Crippen LogP) is 4.66. The topological polar surface area (TPSA) is 84.3 Å². The number of non-ortho nitro benzene ring substituents is 1.